The number of nitrogens with zero attached hydrogens (tertiary/aromatic N) is 1. The van der Waals surface area contributed by atoms with Gasteiger partial charge in [0.2, 0.25) is 0 Å². The molecule has 1 aliphatic heterocycles. The predicted octanol–water partition coefficient (Wildman–Crippen LogP) is 0.793. The Labute approximate surface area is 113 Å². The third-order valence-corrected chi connectivity index (χ3v) is 2.70. The molecule has 0 aliphatic carbocycles. The Morgan fingerprint density at radius 2 is 2.05 bits per heavy atom. The highest BCUT2D eigenvalue weighted by atomic mass is 16.6. The van der Waals surface area contributed by atoms with E-state index in [1.807, 2.05) is 0 Å². The summed E-state index contributed by atoms with van der Waals surface area (Å²) >= 11 is 0. The lowest BCUT2D eigenvalue weighted by atomic mass is 10.2. The number of carbonyl (C=O) groups excluding carboxylic acids is 1. The van der Waals surface area contributed by atoms with E-state index in [4.69, 9.17) is 9.47 Å². The van der Waals surface area contributed by atoms with Crippen molar-refractivity contribution in [1.82, 2.24) is 9.97 Å². The number of hydrogen-bond acceptors (Lipinski definition) is 5. The van der Waals surface area contributed by atoms with E-state index in [2.05, 4.69) is 15.3 Å². The average Bonchev–Trinajstić information content (AvgIpc) is 2.48. The summed E-state index contributed by atoms with van der Waals surface area (Å²) in [6, 6.07) is 5.11. The van der Waals surface area contributed by atoms with E-state index in [0.29, 0.717) is 30.4 Å². The molecule has 7 heteroatoms. The van der Waals surface area contributed by atoms with Crippen molar-refractivity contribution in [2.45, 2.75) is 0 Å². The molecule has 2 aromatic rings. The van der Waals surface area contributed by atoms with Crippen molar-refractivity contribution in [1.29, 1.82) is 0 Å². The van der Waals surface area contributed by atoms with E-state index < -0.39 is 5.91 Å². The van der Waals surface area contributed by atoms with Crippen LogP contribution in [0.15, 0.2) is 35.4 Å². The zero-order valence-corrected chi connectivity index (χ0v) is 10.4. The number of ether oxygens (including phenoxy) is 2. The van der Waals surface area contributed by atoms with Crippen LogP contribution in [-0.2, 0) is 0 Å². The Morgan fingerprint density at radius 3 is 2.80 bits per heavy atom. The number of hydrogen-bond donors (Lipinski definition) is 2. The molecule has 7 nitrogen and oxygen atoms in total. The molecule has 0 radical (unpaired) electrons. The standard InChI is InChI=1S/C13H11N3O4/c17-12-7-14-9(6-15-12)13(18)16-8-1-2-10-11(5-8)20-4-3-19-10/h1-2,5-7H,3-4H2,(H,15,17)(H,16,18). The lowest BCUT2D eigenvalue weighted by molar-refractivity contribution is 0.102. The van der Waals surface area contributed by atoms with Crippen LogP contribution < -0.4 is 20.3 Å². The van der Waals surface area contributed by atoms with Gasteiger partial charge < -0.3 is 19.8 Å². The molecule has 2 heterocycles. The Bertz CT molecular complexity index is 691. The van der Waals surface area contributed by atoms with Gasteiger partial charge in [0.1, 0.15) is 18.9 Å². The second-order valence-electron chi connectivity index (χ2n) is 4.11. The molecule has 0 spiro atoms. The van der Waals surface area contributed by atoms with Crippen molar-refractivity contribution in [3.05, 3.63) is 46.6 Å². The van der Waals surface area contributed by atoms with Crippen LogP contribution in [0.3, 0.4) is 0 Å². The van der Waals surface area contributed by atoms with Crippen molar-refractivity contribution in [2.24, 2.45) is 0 Å². The molecular weight excluding hydrogens is 262 g/mol. The molecule has 1 aromatic carbocycles. The SMILES string of the molecule is O=C(Nc1ccc2c(c1)OCCO2)c1c[nH]c(=O)cn1. The van der Waals surface area contributed by atoms with Gasteiger partial charge in [0, 0.05) is 18.0 Å². The molecule has 20 heavy (non-hydrogen) atoms. The minimum absolute atomic E-state index is 0.125. The molecular formula is C13H11N3O4. The maximum absolute atomic E-state index is 11.9. The summed E-state index contributed by atoms with van der Waals surface area (Å²) in [6.07, 6.45) is 2.31. The van der Waals surface area contributed by atoms with Gasteiger partial charge in [0.15, 0.2) is 11.5 Å². The third-order valence-electron chi connectivity index (χ3n) is 2.70. The van der Waals surface area contributed by atoms with Gasteiger partial charge in [-0.15, -0.1) is 0 Å². The Hall–Kier alpha value is -2.83. The first-order chi connectivity index (χ1) is 9.72. The normalized spacial score (nSPS) is 12.8. The Kier molecular flexibility index (Phi) is 3.08. The Balaban J connectivity index is 1.79. The van der Waals surface area contributed by atoms with Gasteiger partial charge in [0.05, 0.1) is 6.20 Å². The molecule has 0 unspecified atom stereocenters. The van der Waals surface area contributed by atoms with E-state index in [1.54, 1.807) is 18.2 Å². The number of H-pyrrole nitrogens is 1. The second kappa shape index (κ2) is 5.04. The fourth-order valence-corrected chi connectivity index (χ4v) is 1.78. The summed E-state index contributed by atoms with van der Waals surface area (Å²) in [5.74, 6) is 0.817. The van der Waals surface area contributed by atoms with Crippen LogP contribution in [0.25, 0.3) is 0 Å². The number of aromatic nitrogens is 2. The molecule has 1 aliphatic rings. The highest BCUT2D eigenvalue weighted by Gasteiger charge is 2.13. The average molecular weight is 273 g/mol. The number of benzene rings is 1. The maximum Gasteiger partial charge on any atom is 0.275 e. The minimum Gasteiger partial charge on any atom is -0.486 e. The van der Waals surface area contributed by atoms with E-state index in [0.717, 1.165) is 6.20 Å². The summed E-state index contributed by atoms with van der Waals surface area (Å²) in [6.45, 7) is 0.992. The number of fused-ring (bicyclic) bond motifs is 1. The zero-order chi connectivity index (χ0) is 13.9. The molecule has 3 rings (SSSR count). The number of aromatic amines is 1. The number of carbonyl (C=O) groups is 1. The monoisotopic (exact) mass is 273 g/mol. The maximum atomic E-state index is 11.9. The molecule has 0 atom stereocenters. The van der Waals surface area contributed by atoms with E-state index in [9.17, 15) is 9.59 Å². The van der Waals surface area contributed by atoms with Crippen LogP contribution in [0.5, 0.6) is 11.5 Å². The van der Waals surface area contributed by atoms with Gasteiger partial charge >= 0.3 is 0 Å². The first-order valence-electron chi connectivity index (χ1n) is 5.98. The highest BCUT2D eigenvalue weighted by Crippen LogP contribution is 2.32. The second-order valence-corrected chi connectivity index (χ2v) is 4.11. The molecule has 2 N–H and O–H groups in total. The quantitative estimate of drug-likeness (QED) is 0.844. The van der Waals surface area contributed by atoms with Crippen LogP contribution in [0.1, 0.15) is 10.5 Å². The lowest BCUT2D eigenvalue weighted by Crippen LogP contribution is -2.18. The molecule has 0 fully saturated rings. The van der Waals surface area contributed by atoms with E-state index in [-0.39, 0.29) is 11.3 Å². The van der Waals surface area contributed by atoms with E-state index >= 15 is 0 Å². The van der Waals surface area contributed by atoms with Gasteiger partial charge in [-0.1, -0.05) is 0 Å². The largest absolute Gasteiger partial charge is 0.486 e. The number of amides is 1. The minimum atomic E-state index is -0.419. The van der Waals surface area contributed by atoms with Crippen molar-refractivity contribution in [3.8, 4) is 11.5 Å². The van der Waals surface area contributed by atoms with Gasteiger partial charge in [-0.3, -0.25) is 9.59 Å². The van der Waals surface area contributed by atoms with Crippen molar-refractivity contribution < 1.29 is 14.3 Å². The summed E-state index contributed by atoms with van der Waals surface area (Å²) in [7, 11) is 0. The topological polar surface area (TPSA) is 93.3 Å². The summed E-state index contributed by atoms with van der Waals surface area (Å²) in [4.78, 5) is 29.0. The first-order valence-corrected chi connectivity index (χ1v) is 5.98. The molecule has 0 bridgehead atoms. The highest BCUT2D eigenvalue weighted by molar-refractivity contribution is 6.02. The molecule has 1 aromatic heterocycles. The van der Waals surface area contributed by atoms with Crippen LogP contribution in [-0.4, -0.2) is 29.1 Å². The van der Waals surface area contributed by atoms with Crippen LogP contribution in [0.2, 0.25) is 0 Å². The number of nitrogens with one attached hydrogen (secondary N) is 2. The van der Waals surface area contributed by atoms with Crippen molar-refractivity contribution in [2.75, 3.05) is 18.5 Å². The number of rotatable bonds is 2. The molecule has 1 amide bonds. The van der Waals surface area contributed by atoms with E-state index in [1.165, 1.54) is 6.20 Å². The fourth-order valence-electron chi connectivity index (χ4n) is 1.78. The lowest BCUT2D eigenvalue weighted by Gasteiger charge is -2.18. The molecule has 0 saturated carbocycles. The first kappa shape index (κ1) is 12.2. The summed E-state index contributed by atoms with van der Waals surface area (Å²) in [5.41, 5.74) is 0.326. The smallest absolute Gasteiger partial charge is 0.275 e. The number of anilines is 1. The fraction of sp³-hybridized carbons (Fsp3) is 0.154. The summed E-state index contributed by atoms with van der Waals surface area (Å²) < 4.78 is 10.8. The van der Waals surface area contributed by atoms with Crippen molar-refractivity contribution in [3.63, 3.8) is 0 Å². The third kappa shape index (κ3) is 2.46. The molecule has 102 valence electrons. The van der Waals surface area contributed by atoms with Gasteiger partial charge in [-0.05, 0) is 12.1 Å². The van der Waals surface area contributed by atoms with Gasteiger partial charge in [-0.25, -0.2) is 4.98 Å². The molecule has 0 saturated heterocycles. The van der Waals surface area contributed by atoms with Gasteiger partial charge in [-0.2, -0.15) is 0 Å². The van der Waals surface area contributed by atoms with Gasteiger partial charge in [0.25, 0.3) is 11.5 Å². The van der Waals surface area contributed by atoms with Crippen LogP contribution >= 0.6 is 0 Å². The predicted molar refractivity (Wildman–Crippen MR) is 70.2 cm³/mol. The summed E-state index contributed by atoms with van der Waals surface area (Å²) in [5, 5.41) is 2.67. The zero-order valence-electron chi connectivity index (χ0n) is 10.4. The van der Waals surface area contributed by atoms with Crippen LogP contribution in [0.4, 0.5) is 5.69 Å². The van der Waals surface area contributed by atoms with Crippen LogP contribution in [0, 0.1) is 0 Å². The Morgan fingerprint density at radius 1 is 1.25 bits per heavy atom. The van der Waals surface area contributed by atoms with Crippen molar-refractivity contribution >= 4 is 11.6 Å².